The van der Waals surface area contributed by atoms with Gasteiger partial charge in [0.15, 0.2) is 16.4 Å². The van der Waals surface area contributed by atoms with Crippen LogP contribution in [-0.4, -0.2) is 33.0 Å². The number of aryl methyl sites for hydroxylation is 3. The molecule has 2 aromatic rings. The van der Waals surface area contributed by atoms with Crippen molar-refractivity contribution in [3.05, 3.63) is 64.2 Å². The van der Waals surface area contributed by atoms with Crippen LogP contribution in [0.2, 0.25) is 0 Å². The normalized spacial score (nSPS) is 11.2. The van der Waals surface area contributed by atoms with Gasteiger partial charge in [0.2, 0.25) is 5.78 Å². The summed E-state index contributed by atoms with van der Waals surface area (Å²) in [6.07, 6.45) is 1.07. The van der Waals surface area contributed by atoms with Crippen LogP contribution in [0.3, 0.4) is 0 Å². The third-order valence-corrected chi connectivity index (χ3v) is 4.98. The molecule has 0 amide bonds. The van der Waals surface area contributed by atoms with Crippen LogP contribution in [0.15, 0.2) is 41.3 Å². The van der Waals surface area contributed by atoms with E-state index in [1.54, 1.807) is 19.1 Å². The Labute approximate surface area is 147 Å². The highest BCUT2D eigenvalue weighted by atomic mass is 32.2. The maximum Gasteiger partial charge on any atom is 0.338 e. The predicted molar refractivity (Wildman–Crippen MR) is 94.8 cm³/mol. The maximum absolute atomic E-state index is 12.3. The summed E-state index contributed by atoms with van der Waals surface area (Å²) in [6.45, 7) is 5.03. The topological polar surface area (TPSA) is 77.5 Å². The van der Waals surface area contributed by atoms with E-state index >= 15 is 0 Å². The van der Waals surface area contributed by atoms with Gasteiger partial charge in [0, 0.05) is 11.8 Å². The standard InChI is InChI=1S/C19H20O5S/c1-12-5-8-16(14(3)9-12)18(20)11-24-19(21)17-10-15(25(4,22)23)7-6-13(17)2/h5-10H,11H2,1-4H3. The van der Waals surface area contributed by atoms with Crippen molar-refractivity contribution in [3.8, 4) is 0 Å². The first kappa shape index (κ1) is 18.9. The van der Waals surface area contributed by atoms with Gasteiger partial charge in [0.05, 0.1) is 10.5 Å². The van der Waals surface area contributed by atoms with Crippen LogP contribution < -0.4 is 0 Å². The van der Waals surface area contributed by atoms with Gasteiger partial charge in [-0.3, -0.25) is 4.79 Å². The highest BCUT2D eigenvalue weighted by Gasteiger charge is 2.17. The molecule has 0 N–H and O–H groups in total. The molecule has 0 saturated carbocycles. The molecule has 0 heterocycles. The van der Waals surface area contributed by atoms with E-state index in [-0.39, 0.29) is 16.2 Å². The molecule has 0 saturated heterocycles. The molecule has 0 spiro atoms. The zero-order chi connectivity index (χ0) is 18.8. The Kier molecular flexibility index (Phi) is 5.42. The Morgan fingerprint density at radius 3 is 2.20 bits per heavy atom. The number of esters is 1. The van der Waals surface area contributed by atoms with Gasteiger partial charge in [0.1, 0.15) is 0 Å². The van der Waals surface area contributed by atoms with E-state index in [4.69, 9.17) is 4.74 Å². The molecule has 0 unspecified atom stereocenters. The molecule has 0 bridgehead atoms. The second kappa shape index (κ2) is 7.19. The minimum Gasteiger partial charge on any atom is -0.454 e. The molecule has 0 atom stereocenters. The van der Waals surface area contributed by atoms with Gasteiger partial charge in [-0.1, -0.05) is 29.8 Å². The fourth-order valence-electron chi connectivity index (χ4n) is 2.46. The molecule has 2 rings (SSSR count). The number of benzene rings is 2. The summed E-state index contributed by atoms with van der Waals surface area (Å²) >= 11 is 0. The molecule has 25 heavy (non-hydrogen) atoms. The number of carbonyl (C=O) groups excluding carboxylic acids is 2. The molecule has 132 valence electrons. The van der Waals surface area contributed by atoms with Crippen LogP contribution in [0.25, 0.3) is 0 Å². The summed E-state index contributed by atoms with van der Waals surface area (Å²) in [5.74, 6) is -1.02. The molecule has 6 heteroatoms. The summed E-state index contributed by atoms with van der Waals surface area (Å²) in [4.78, 5) is 24.5. The SMILES string of the molecule is Cc1ccc(C(=O)COC(=O)c2cc(S(C)(=O)=O)ccc2C)c(C)c1. The van der Waals surface area contributed by atoms with Gasteiger partial charge < -0.3 is 4.74 Å². The van der Waals surface area contributed by atoms with Gasteiger partial charge in [0.25, 0.3) is 0 Å². The summed E-state index contributed by atoms with van der Waals surface area (Å²) in [5, 5.41) is 0. The zero-order valence-corrected chi connectivity index (χ0v) is 15.4. The fraction of sp³-hybridized carbons (Fsp3) is 0.263. The lowest BCUT2D eigenvalue weighted by Crippen LogP contribution is -2.16. The highest BCUT2D eigenvalue weighted by molar-refractivity contribution is 7.90. The number of hydrogen-bond donors (Lipinski definition) is 0. The molecular weight excluding hydrogens is 340 g/mol. The van der Waals surface area contributed by atoms with Gasteiger partial charge in [-0.2, -0.15) is 0 Å². The molecule has 0 aromatic heterocycles. The molecule has 0 aliphatic carbocycles. The van der Waals surface area contributed by atoms with E-state index in [0.717, 1.165) is 17.4 Å². The second-order valence-electron chi connectivity index (χ2n) is 6.07. The number of carbonyl (C=O) groups is 2. The Morgan fingerprint density at radius 2 is 1.60 bits per heavy atom. The number of Topliss-reactive ketones (excluding diaryl/α,β-unsaturated/α-hetero) is 1. The average molecular weight is 360 g/mol. The van der Waals surface area contributed by atoms with Crippen molar-refractivity contribution in [2.45, 2.75) is 25.7 Å². The van der Waals surface area contributed by atoms with Crippen molar-refractivity contribution in [2.24, 2.45) is 0 Å². The molecule has 5 nitrogen and oxygen atoms in total. The monoisotopic (exact) mass is 360 g/mol. The van der Waals surface area contributed by atoms with Crippen molar-refractivity contribution in [2.75, 3.05) is 12.9 Å². The highest BCUT2D eigenvalue weighted by Crippen LogP contribution is 2.17. The quantitative estimate of drug-likeness (QED) is 0.605. The Hall–Kier alpha value is -2.47. The van der Waals surface area contributed by atoms with Crippen LogP contribution in [0.1, 0.15) is 37.4 Å². The molecule has 0 aliphatic rings. The summed E-state index contributed by atoms with van der Waals surface area (Å²) in [5.41, 5.74) is 3.07. The van der Waals surface area contributed by atoms with Crippen molar-refractivity contribution in [1.29, 1.82) is 0 Å². The van der Waals surface area contributed by atoms with Crippen molar-refractivity contribution in [1.82, 2.24) is 0 Å². The van der Waals surface area contributed by atoms with Gasteiger partial charge in [-0.25, -0.2) is 13.2 Å². The summed E-state index contributed by atoms with van der Waals surface area (Å²) in [7, 11) is -3.43. The smallest absolute Gasteiger partial charge is 0.338 e. The van der Waals surface area contributed by atoms with Gasteiger partial charge in [-0.15, -0.1) is 0 Å². The molecular formula is C19H20O5S. The number of hydrogen-bond acceptors (Lipinski definition) is 5. The van der Waals surface area contributed by atoms with Gasteiger partial charge >= 0.3 is 5.97 Å². The Bertz CT molecular complexity index is 942. The van der Waals surface area contributed by atoms with E-state index in [2.05, 4.69) is 0 Å². The van der Waals surface area contributed by atoms with Crippen LogP contribution in [0.4, 0.5) is 0 Å². The van der Waals surface area contributed by atoms with E-state index in [9.17, 15) is 18.0 Å². The number of ether oxygens (including phenoxy) is 1. The minimum absolute atomic E-state index is 0.0331. The minimum atomic E-state index is -3.43. The second-order valence-corrected chi connectivity index (χ2v) is 8.08. The van der Waals surface area contributed by atoms with Crippen LogP contribution in [0, 0.1) is 20.8 Å². The third kappa shape index (κ3) is 4.54. The van der Waals surface area contributed by atoms with E-state index in [0.29, 0.717) is 11.1 Å². The van der Waals surface area contributed by atoms with Crippen molar-refractivity contribution >= 4 is 21.6 Å². The fourth-order valence-corrected chi connectivity index (χ4v) is 3.11. The first-order valence-corrected chi connectivity index (χ1v) is 9.57. The molecule has 2 aromatic carbocycles. The largest absolute Gasteiger partial charge is 0.454 e. The Morgan fingerprint density at radius 1 is 0.920 bits per heavy atom. The van der Waals surface area contributed by atoms with E-state index in [1.165, 1.54) is 12.1 Å². The number of rotatable bonds is 5. The molecule has 0 radical (unpaired) electrons. The average Bonchev–Trinajstić information content (AvgIpc) is 2.51. The van der Waals surface area contributed by atoms with Crippen LogP contribution >= 0.6 is 0 Å². The lowest BCUT2D eigenvalue weighted by Gasteiger charge is -2.10. The predicted octanol–water partition coefficient (Wildman–Crippen LogP) is 3.06. The van der Waals surface area contributed by atoms with Crippen molar-refractivity contribution < 1.29 is 22.7 Å². The first-order valence-electron chi connectivity index (χ1n) is 7.68. The van der Waals surface area contributed by atoms with Gasteiger partial charge in [-0.05, 0) is 44.0 Å². The van der Waals surface area contributed by atoms with Crippen molar-refractivity contribution in [3.63, 3.8) is 0 Å². The lowest BCUT2D eigenvalue weighted by atomic mass is 10.0. The van der Waals surface area contributed by atoms with Crippen LogP contribution in [0.5, 0.6) is 0 Å². The van der Waals surface area contributed by atoms with E-state index in [1.807, 2.05) is 26.0 Å². The number of ketones is 1. The Balaban J connectivity index is 2.16. The molecule has 0 fully saturated rings. The first-order chi connectivity index (χ1) is 11.6. The summed E-state index contributed by atoms with van der Waals surface area (Å²) in [6, 6.07) is 9.66. The molecule has 0 aliphatic heterocycles. The lowest BCUT2D eigenvalue weighted by molar-refractivity contribution is 0.0473. The zero-order valence-electron chi connectivity index (χ0n) is 14.6. The maximum atomic E-state index is 12.3. The van der Waals surface area contributed by atoms with Crippen LogP contribution in [-0.2, 0) is 14.6 Å². The van der Waals surface area contributed by atoms with E-state index < -0.39 is 22.4 Å². The number of sulfone groups is 1. The summed E-state index contributed by atoms with van der Waals surface area (Å²) < 4.78 is 28.4. The third-order valence-electron chi connectivity index (χ3n) is 3.87.